The van der Waals surface area contributed by atoms with E-state index in [0.29, 0.717) is 21.7 Å². The molecule has 6 rings (SSSR count). The molecule has 10 atom stereocenters. The van der Waals surface area contributed by atoms with Crippen LogP contribution in [0.15, 0.2) is 0 Å². The highest BCUT2D eigenvalue weighted by Gasteiger charge is 2.66. The maximum atomic E-state index is 2.88. The normalized spacial score (nSPS) is 55.8. The van der Waals surface area contributed by atoms with Crippen molar-refractivity contribution < 1.29 is 0 Å². The van der Waals surface area contributed by atoms with E-state index in [-0.39, 0.29) is 0 Å². The molecule has 0 spiro atoms. The summed E-state index contributed by atoms with van der Waals surface area (Å²) >= 11 is 0. The average Bonchev–Trinajstić information content (AvgIpc) is 3.37. The maximum Gasteiger partial charge on any atom is 0.110 e. The van der Waals surface area contributed by atoms with Crippen LogP contribution in [0.4, 0.5) is 0 Å². The van der Waals surface area contributed by atoms with Crippen molar-refractivity contribution in [1.29, 1.82) is 0 Å². The highest BCUT2D eigenvalue weighted by atomic mass is 14.7. The molecule has 0 nitrogen and oxygen atoms in total. The van der Waals surface area contributed by atoms with Gasteiger partial charge in [-0.25, -0.2) is 0 Å². The van der Waals surface area contributed by atoms with Crippen LogP contribution < -0.4 is 0 Å². The molecule has 6 aliphatic carbocycles. The lowest BCUT2D eigenvalue weighted by molar-refractivity contribution is 0.0939. The molecule has 0 aromatic carbocycles. The van der Waals surface area contributed by atoms with Gasteiger partial charge in [-0.05, 0) is 120 Å². The molecular formula is C30H50B. The molecule has 8 bridgehead atoms. The highest BCUT2D eigenvalue weighted by molar-refractivity contribution is 6.35. The quantitative estimate of drug-likeness (QED) is 0.399. The van der Waals surface area contributed by atoms with Crippen molar-refractivity contribution in [3.05, 3.63) is 0 Å². The molecule has 0 amide bonds. The van der Waals surface area contributed by atoms with Crippen LogP contribution >= 0.6 is 0 Å². The van der Waals surface area contributed by atoms with Crippen molar-refractivity contribution >= 4 is 7.28 Å². The minimum Gasteiger partial charge on any atom is -0.0767 e. The third-order valence-corrected chi connectivity index (χ3v) is 13.6. The minimum atomic E-state index is 0.595. The van der Waals surface area contributed by atoms with E-state index in [1.807, 2.05) is 0 Å². The van der Waals surface area contributed by atoms with Crippen LogP contribution in [0, 0.1) is 69.0 Å². The van der Waals surface area contributed by atoms with Crippen LogP contribution in [-0.4, -0.2) is 7.28 Å². The van der Waals surface area contributed by atoms with Crippen molar-refractivity contribution in [1.82, 2.24) is 0 Å². The Bertz CT molecular complexity index is 662. The second-order valence-corrected chi connectivity index (χ2v) is 15.4. The molecule has 0 aliphatic heterocycles. The van der Waals surface area contributed by atoms with Crippen molar-refractivity contribution in [3.8, 4) is 0 Å². The Labute approximate surface area is 194 Å². The summed E-state index contributed by atoms with van der Waals surface area (Å²) in [6.07, 6.45) is 18.1. The average molecular weight is 422 g/mol. The molecule has 0 saturated heterocycles. The third kappa shape index (κ3) is 2.79. The van der Waals surface area contributed by atoms with Gasteiger partial charge in [-0.2, -0.15) is 0 Å². The SMILES string of the molecule is CC1(C)CCC[C@]2(C)[C@H](C[B]C[C@@H]3[C@H]4CC[C@@H]5[C@H]4C(C)(C)CCC[C@]35C)[C@H]3CC[C@@H]2[C@H]31. The first-order valence-electron chi connectivity index (χ1n) is 14.4. The smallest absolute Gasteiger partial charge is 0.0767 e. The van der Waals surface area contributed by atoms with Gasteiger partial charge in [0.25, 0.3) is 0 Å². The summed E-state index contributed by atoms with van der Waals surface area (Å²) in [5.41, 5.74) is 2.51. The van der Waals surface area contributed by atoms with Crippen LogP contribution in [0.5, 0.6) is 0 Å². The van der Waals surface area contributed by atoms with E-state index in [2.05, 4.69) is 48.8 Å². The Morgan fingerprint density at radius 3 is 1.42 bits per heavy atom. The topological polar surface area (TPSA) is 0 Å². The van der Waals surface area contributed by atoms with Crippen LogP contribution in [-0.2, 0) is 0 Å². The maximum absolute atomic E-state index is 2.88. The molecule has 0 aromatic rings. The van der Waals surface area contributed by atoms with Gasteiger partial charge in [0, 0.05) is 0 Å². The summed E-state index contributed by atoms with van der Waals surface area (Å²) in [5.74, 6) is 8.22. The zero-order valence-electron chi connectivity index (χ0n) is 21.7. The second kappa shape index (κ2) is 6.81. The Hall–Kier alpha value is 0.0649. The fraction of sp³-hybridized carbons (Fsp3) is 1.00. The molecule has 1 radical (unpaired) electrons. The largest absolute Gasteiger partial charge is 0.110 e. The highest BCUT2D eigenvalue weighted by Crippen LogP contribution is 2.73. The van der Waals surface area contributed by atoms with Crippen LogP contribution in [0.2, 0.25) is 12.6 Å². The molecule has 31 heavy (non-hydrogen) atoms. The van der Waals surface area contributed by atoms with Crippen molar-refractivity contribution in [2.24, 2.45) is 69.0 Å². The molecule has 1 heteroatoms. The van der Waals surface area contributed by atoms with E-state index >= 15 is 0 Å². The summed E-state index contributed by atoms with van der Waals surface area (Å²) < 4.78 is 0. The molecule has 0 N–H and O–H groups in total. The summed E-state index contributed by atoms with van der Waals surface area (Å²) in [6.45, 7) is 16.0. The zero-order valence-corrected chi connectivity index (χ0v) is 21.7. The van der Waals surface area contributed by atoms with Crippen molar-refractivity contribution in [2.45, 2.75) is 118 Å². The van der Waals surface area contributed by atoms with Crippen LogP contribution in [0.3, 0.4) is 0 Å². The first kappa shape index (κ1) is 21.6. The second-order valence-electron chi connectivity index (χ2n) is 15.4. The van der Waals surface area contributed by atoms with Gasteiger partial charge in [0.2, 0.25) is 0 Å². The van der Waals surface area contributed by atoms with Gasteiger partial charge >= 0.3 is 0 Å². The molecule has 0 heterocycles. The fourth-order valence-electron chi connectivity index (χ4n) is 12.5. The monoisotopic (exact) mass is 421 g/mol. The van der Waals surface area contributed by atoms with Crippen LogP contribution in [0.1, 0.15) is 106 Å². The standard InChI is InChI=1S/C30H50B/c1-27(2)13-7-15-29(5)21-11-9-19(25(21)27)23(29)17-31-18-24-20-10-12-22-26(20)28(3,4)14-8-16-30(22,24)6/h19-26H,7-18H2,1-6H3/t19-,20-,21-,22-,23-,24-,25+,26+,29+,30+/m1/s1. The molecular weight excluding hydrogens is 371 g/mol. The third-order valence-electron chi connectivity index (χ3n) is 13.6. The number of rotatable bonds is 4. The molecule has 6 fully saturated rings. The van der Waals surface area contributed by atoms with Gasteiger partial charge < -0.3 is 0 Å². The molecule has 0 aromatic heterocycles. The number of hydrogen-bond donors (Lipinski definition) is 0. The van der Waals surface area contributed by atoms with E-state index in [1.54, 1.807) is 25.7 Å². The van der Waals surface area contributed by atoms with Gasteiger partial charge in [-0.1, -0.05) is 67.0 Å². The van der Waals surface area contributed by atoms with Crippen LogP contribution in [0.25, 0.3) is 0 Å². The van der Waals surface area contributed by atoms with Gasteiger partial charge in [0.1, 0.15) is 7.28 Å². The Kier molecular flexibility index (Phi) is 4.74. The lowest BCUT2D eigenvalue weighted by Crippen LogP contribution is -2.36. The van der Waals surface area contributed by atoms with E-state index in [9.17, 15) is 0 Å². The predicted molar refractivity (Wildman–Crippen MR) is 133 cm³/mol. The van der Waals surface area contributed by atoms with E-state index < -0.39 is 0 Å². The first-order chi connectivity index (χ1) is 14.6. The van der Waals surface area contributed by atoms with Crippen molar-refractivity contribution in [2.75, 3.05) is 0 Å². The van der Waals surface area contributed by atoms with E-state index in [4.69, 9.17) is 0 Å². The Morgan fingerprint density at radius 2 is 1.00 bits per heavy atom. The lowest BCUT2D eigenvalue weighted by Gasteiger charge is -2.44. The van der Waals surface area contributed by atoms with E-state index in [0.717, 1.165) is 47.3 Å². The summed E-state index contributed by atoms with van der Waals surface area (Å²) in [5, 5.41) is 0. The Balaban J connectivity index is 1.18. The van der Waals surface area contributed by atoms with Gasteiger partial charge in [-0.15, -0.1) is 0 Å². The summed E-state index contributed by atoms with van der Waals surface area (Å²) in [4.78, 5) is 0. The van der Waals surface area contributed by atoms with Gasteiger partial charge in [0.05, 0.1) is 0 Å². The van der Waals surface area contributed by atoms with Gasteiger partial charge in [-0.3, -0.25) is 0 Å². The zero-order chi connectivity index (χ0) is 21.8. The molecule has 173 valence electrons. The molecule has 0 unspecified atom stereocenters. The molecule has 6 aliphatic rings. The van der Waals surface area contributed by atoms with Crippen molar-refractivity contribution in [3.63, 3.8) is 0 Å². The Morgan fingerprint density at radius 1 is 0.581 bits per heavy atom. The fourth-order valence-corrected chi connectivity index (χ4v) is 12.5. The summed E-state index contributed by atoms with van der Waals surface area (Å²) in [6, 6.07) is 0. The predicted octanol–water partition coefficient (Wildman–Crippen LogP) is 8.50. The summed E-state index contributed by atoms with van der Waals surface area (Å²) in [7, 11) is 2.88. The minimum absolute atomic E-state index is 0.595. The van der Waals surface area contributed by atoms with Gasteiger partial charge in [0.15, 0.2) is 0 Å². The van der Waals surface area contributed by atoms with E-state index in [1.165, 1.54) is 51.2 Å². The molecule has 6 saturated carbocycles. The lowest BCUT2D eigenvalue weighted by atomic mass is 9.50. The first-order valence-corrected chi connectivity index (χ1v) is 14.4. The number of hydrogen-bond acceptors (Lipinski definition) is 0.